The van der Waals surface area contributed by atoms with Crippen molar-refractivity contribution in [1.29, 1.82) is 5.26 Å². The molecule has 7 rings (SSSR count). The van der Waals surface area contributed by atoms with E-state index in [2.05, 4.69) is 53.4 Å². The van der Waals surface area contributed by atoms with Gasteiger partial charge in [-0.25, -0.2) is 4.98 Å². The number of thiophene rings is 1. The summed E-state index contributed by atoms with van der Waals surface area (Å²) < 4.78 is 5.98. The van der Waals surface area contributed by atoms with Crippen molar-refractivity contribution in [2.75, 3.05) is 68.4 Å². The van der Waals surface area contributed by atoms with Gasteiger partial charge >= 0.3 is 0 Å². The molecule has 0 aromatic carbocycles. The Bertz CT molecular complexity index is 1740. The lowest BCUT2D eigenvalue weighted by molar-refractivity contribution is -0.124. The lowest BCUT2D eigenvalue weighted by atomic mass is 9.72. The molecule has 2 N–H and O–H groups in total. The number of amides is 1. The van der Waals surface area contributed by atoms with Gasteiger partial charge in [-0.3, -0.25) is 4.79 Å². The molecular weight excluding hydrogens is 588 g/mol. The molecule has 6 heterocycles. The number of nitrogens with two attached hydrogens (primary N) is 1. The van der Waals surface area contributed by atoms with Gasteiger partial charge in [-0.15, -0.1) is 11.3 Å². The minimum absolute atomic E-state index is 0.0404. The third-order valence-corrected chi connectivity index (χ3v) is 10.8. The fourth-order valence-electron chi connectivity index (χ4n) is 7.38. The van der Waals surface area contributed by atoms with Gasteiger partial charge < -0.3 is 29.9 Å². The highest BCUT2D eigenvalue weighted by Gasteiger charge is 2.43. The molecule has 0 saturated carbocycles. The fourth-order valence-corrected chi connectivity index (χ4v) is 8.58. The molecule has 4 aliphatic rings. The number of rotatable bonds is 5. The van der Waals surface area contributed by atoms with Gasteiger partial charge in [-0.2, -0.15) is 15.2 Å². The second-order valence-corrected chi connectivity index (χ2v) is 14.0. The van der Waals surface area contributed by atoms with Gasteiger partial charge in [0.15, 0.2) is 0 Å². The Labute approximate surface area is 266 Å². The number of nitrogens with zero attached hydrogens (tertiary/aromatic N) is 9. The minimum atomic E-state index is -0.616. The summed E-state index contributed by atoms with van der Waals surface area (Å²) in [5.41, 5.74) is 10.2. The molecular formula is C32H38N10O2S. The monoisotopic (exact) mass is 626 g/mol. The number of nitriles is 1. The Balaban J connectivity index is 1.25. The molecule has 1 amide bonds. The summed E-state index contributed by atoms with van der Waals surface area (Å²) in [4.78, 5) is 37.1. The number of likely N-dealkylation sites (N-methyl/N-ethyl adjacent to an activating group) is 1. The van der Waals surface area contributed by atoms with Crippen LogP contribution in [0, 0.1) is 11.3 Å². The predicted octanol–water partition coefficient (Wildman–Crippen LogP) is 3.36. The highest BCUT2D eigenvalue weighted by atomic mass is 32.1. The molecule has 3 aromatic rings. The van der Waals surface area contributed by atoms with Crippen molar-refractivity contribution in [3.8, 4) is 17.6 Å². The largest absolute Gasteiger partial charge is 0.389 e. The summed E-state index contributed by atoms with van der Waals surface area (Å²) in [7, 11) is 2.15. The first-order chi connectivity index (χ1) is 21.7. The Morgan fingerprint density at radius 2 is 1.98 bits per heavy atom. The van der Waals surface area contributed by atoms with E-state index in [1.807, 2.05) is 11.0 Å². The summed E-state index contributed by atoms with van der Waals surface area (Å²) >= 11 is 1.49. The first-order valence-corrected chi connectivity index (χ1v) is 16.4. The number of carbonyl (C=O) groups is 1. The summed E-state index contributed by atoms with van der Waals surface area (Å²) in [6.07, 6.45) is 5.00. The van der Waals surface area contributed by atoms with Crippen LogP contribution in [0.5, 0.6) is 0 Å². The summed E-state index contributed by atoms with van der Waals surface area (Å²) in [6, 6.07) is 4.48. The minimum Gasteiger partial charge on any atom is -0.389 e. The number of aryl methyl sites for hydroxylation is 1. The van der Waals surface area contributed by atoms with Crippen molar-refractivity contribution in [2.24, 2.45) is 0 Å². The van der Waals surface area contributed by atoms with Gasteiger partial charge in [0, 0.05) is 61.8 Å². The van der Waals surface area contributed by atoms with Gasteiger partial charge in [-0.1, -0.05) is 11.7 Å². The van der Waals surface area contributed by atoms with Crippen molar-refractivity contribution in [1.82, 2.24) is 29.9 Å². The lowest BCUT2D eigenvalue weighted by Crippen LogP contribution is -2.39. The highest BCUT2D eigenvalue weighted by molar-refractivity contribution is 7.16. The van der Waals surface area contributed by atoms with Crippen LogP contribution in [0.4, 0.5) is 16.8 Å². The van der Waals surface area contributed by atoms with Crippen molar-refractivity contribution < 1.29 is 9.32 Å². The van der Waals surface area contributed by atoms with Crippen molar-refractivity contribution >= 4 is 34.0 Å². The van der Waals surface area contributed by atoms with Crippen LogP contribution in [0.2, 0.25) is 0 Å². The third-order valence-electron chi connectivity index (χ3n) is 9.72. The number of carbonyl (C=O) groups excluding carboxylic acids is 1. The van der Waals surface area contributed by atoms with E-state index in [1.165, 1.54) is 28.6 Å². The maximum absolute atomic E-state index is 12.2. The number of aromatic nitrogens is 4. The molecule has 0 bridgehead atoms. The molecule has 234 valence electrons. The Morgan fingerprint density at radius 1 is 1.20 bits per heavy atom. The number of anilines is 3. The predicted molar refractivity (Wildman–Crippen MR) is 173 cm³/mol. The van der Waals surface area contributed by atoms with Crippen LogP contribution in [0.1, 0.15) is 55.0 Å². The average molecular weight is 627 g/mol. The number of nitrogen functional groups attached to an aromatic ring is 1. The lowest BCUT2D eigenvalue weighted by Gasteiger charge is -2.30. The van der Waals surface area contributed by atoms with E-state index in [1.54, 1.807) is 0 Å². The first-order valence-electron chi connectivity index (χ1n) is 15.5. The summed E-state index contributed by atoms with van der Waals surface area (Å²) in [5.74, 6) is 2.27. The van der Waals surface area contributed by atoms with Crippen LogP contribution in [0.15, 0.2) is 34.4 Å². The van der Waals surface area contributed by atoms with Crippen LogP contribution >= 0.6 is 11.3 Å². The van der Waals surface area contributed by atoms with E-state index in [0.29, 0.717) is 60.1 Å². The average Bonchev–Trinajstić information content (AvgIpc) is 3.79. The Kier molecular flexibility index (Phi) is 7.37. The van der Waals surface area contributed by atoms with Crippen LogP contribution < -0.4 is 15.5 Å². The second kappa shape index (κ2) is 11.3. The smallest absolute Gasteiger partial charge is 0.246 e. The molecule has 0 unspecified atom stereocenters. The Hall–Kier alpha value is -4.28. The van der Waals surface area contributed by atoms with Crippen LogP contribution in [-0.2, 0) is 16.6 Å². The third kappa shape index (κ3) is 5.06. The van der Waals surface area contributed by atoms with Crippen molar-refractivity contribution in [3.05, 3.63) is 51.8 Å². The van der Waals surface area contributed by atoms with E-state index in [0.717, 1.165) is 61.6 Å². The quantitative estimate of drug-likeness (QED) is 0.329. The van der Waals surface area contributed by atoms with Crippen LogP contribution in [0.3, 0.4) is 0 Å². The van der Waals surface area contributed by atoms with Crippen LogP contribution in [-0.4, -0.2) is 94.7 Å². The van der Waals surface area contributed by atoms with E-state index in [4.69, 9.17) is 25.2 Å². The molecule has 0 radical (unpaired) electrons. The van der Waals surface area contributed by atoms with Gasteiger partial charge in [0.05, 0.1) is 11.0 Å². The number of hydrogen-bond acceptors (Lipinski definition) is 12. The normalized spacial score (nSPS) is 23.6. The first kappa shape index (κ1) is 29.4. The van der Waals surface area contributed by atoms with Gasteiger partial charge in [0.25, 0.3) is 0 Å². The van der Waals surface area contributed by atoms with Gasteiger partial charge in [-0.05, 0) is 70.3 Å². The number of fused-ring (bicyclic) bond motifs is 1. The molecule has 0 spiro atoms. The molecule has 1 saturated heterocycles. The molecule has 12 nitrogen and oxygen atoms in total. The zero-order valence-electron chi connectivity index (χ0n) is 26.0. The molecule has 13 heteroatoms. The second-order valence-electron chi connectivity index (χ2n) is 12.9. The molecule has 1 fully saturated rings. The van der Waals surface area contributed by atoms with E-state index >= 15 is 0 Å². The maximum Gasteiger partial charge on any atom is 0.246 e. The van der Waals surface area contributed by atoms with E-state index < -0.39 is 5.41 Å². The molecule has 3 aliphatic heterocycles. The zero-order valence-corrected chi connectivity index (χ0v) is 26.9. The zero-order chi connectivity index (χ0) is 31.5. The summed E-state index contributed by atoms with van der Waals surface area (Å²) in [5, 5.41) is 14.9. The highest BCUT2D eigenvalue weighted by Crippen LogP contribution is 2.48. The standard InChI is InChI=1S/C32H38N10O2S/c1-5-26(43)41-17-20-15-40(16-21(20)18-41)25-12-23(35-31(36-25)42-11-7-10-39(4)14-19(42)2)29-37-30(44-38-29)32(3)9-6-8-24-27(32)22(13-33)28(34)45-24/h5,12,19H,1,6-11,14-18,34H2,2-4H3/t19-,32-/m0/s1. The summed E-state index contributed by atoms with van der Waals surface area (Å²) in [6.45, 7) is 13.3. The van der Waals surface area contributed by atoms with Gasteiger partial charge in [0.2, 0.25) is 23.6 Å². The van der Waals surface area contributed by atoms with E-state index in [9.17, 15) is 10.1 Å². The topological polar surface area (TPSA) is 145 Å². The Morgan fingerprint density at radius 3 is 2.71 bits per heavy atom. The molecule has 2 atom stereocenters. The molecule has 45 heavy (non-hydrogen) atoms. The fraction of sp³-hybridized carbons (Fsp3) is 0.500. The van der Waals surface area contributed by atoms with Crippen molar-refractivity contribution in [3.63, 3.8) is 0 Å². The molecule has 1 aliphatic carbocycles. The maximum atomic E-state index is 12.2. The van der Waals surface area contributed by atoms with Crippen LogP contribution in [0.25, 0.3) is 11.5 Å². The number of hydrogen-bond donors (Lipinski definition) is 1. The van der Waals surface area contributed by atoms with E-state index in [-0.39, 0.29) is 11.9 Å². The van der Waals surface area contributed by atoms with Crippen molar-refractivity contribution in [2.45, 2.75) is 51.0 Å². The SMILES string of the molecule is C=CC(=O)N1CC2=C(C1)CN(c1cc(-c3noc([C@@]4(C)CCCc5sc(N)c(C#N)c54)n3)nc(N3CCCN(C)C[C@@H]3C)n1)C2. The molecule has 3 aromatic heterocycles. The van der Waals surface area contributed by atoms with Gasteiger partial charge in [0.1, 0.15) is 22.6 Å².